The molecule has 0 spiro atoms. The lowest BCUT2D eigenvalue weighted by Gasteiger charge is -2.28. The molecule has 10 heteroatoms. The highest BCUT2D eigenvalue weighted by Gasteiger charge is 2.21. The molecule has 0 unspecified atom stereocenters. The predicted molar refractivity (Wildman–Crippen MR) is 95.0 cm³/mol. The van der Waals surface area contributed by atoms with E-state index in [4.69, 9.17) is 4.74 Å². The van der Waals surface area contributed by atoms with Gasteiger partial charge in [0.25, 0.3) is 5.69 Å². The fourth-order valence-corrected chi connectivity index (χ4v) is 3.19. The van der Waals surface area contributed by atoms with E-state index in [1.54, 1.807) is 19.1 Å². The third-order valence-corrected chi connectivity index (χ3v) is 4.91. The molecule has 0 aliphatic carbocycles. The summed E-state index contributed by atoms with van der Waals surface area (Å²) in [7, 11) is -3.65. The van der Waals surface area contributed by atoms with Crippen LogP contribution in [0, 0.1) is 17.0 Å². The first-order chi connectivity index (χ1) is 12.3. The first-order valence-electron chi connectivity index (χ1n) is 7.93. The van der Waals surface area contributed by atoms with Crippen LogP contribution in [0.25, 0.3) is 11.3 Å². The van der Waals surface area contributed by atoms with Gasteiger partial charge in [-0.15, -0.1) is 0 Å². The van der Waals surface area contributed by atoms with Crippen LogP contribution in [-0.4, -0.2) is 55.9 Å². The number of rotatable bonds is 4. The molecule has 1 fully saturated rings. The van der Waals surface area contributed by atoms with Crippen molar-refractivity contribution < 1.29 is 18.1 Å². The maximum absolute atomic E-state index is 12.0. The summed E-state index contributed by atoms with van der Waals surface area (Å²) in [6, 6.07) is 6.07. The number of hydrogen-bond donors (Lipinski definition) is 0. The Kier molecular flexibility index (Phi) is 4.88. The first kappa shape index (κ1) is 18.2. The number of aryl methyl sites for hydroxylation is 1. The van der Waals surface area contributed by atoms with Crippen LogP contribution in [-0.2, 0) is 14.6 Å². The normalized spacial score (nSPS) is 15.1. The topological polar surface area (TPSA) is 116 Å². The number of nitrogens with zero attached hydrogens (tertiary/aromatic N) is 4. The largest absolute Gasteiger partial charge is 0.378 e. The summed E-state index contributed by atoms with van der Waals surface area (Å²) < 4.78 is 29.4. The van der Waals surface area contributed by atoms with Crippen molar-refractivity contribution >= 4 is 21.3 Å². The van der Waals surface area contributed by atoms with Crippen LogP contribution in [0.3, 0.4) is 0 Å². The van der Waals surface area contributed by atoms with Crippen molar-refractivity contribution in [3.63, 3.8) is 0 Å². The van der Waals surface area contributed by atoms with Crippen LogP contribution in [0.1, 0.15) is 5.56 Å². The smallest absolute Gasteiger partial charge is 0.270 e. The van der Waals surface area contributed by atoms with Gasteiger partial charge < -0.3 is 9.64 Å². The molecule has 1 aromatic heterocycles. The monoisotopic (exact) mass is 378 g/mol. The fourth-order valence-electron chi connectivity index (χ4n) is 2.67. The lowest BCUT2D eigenvalue weighted by Crippen LogP contribution is -2.37. The second-order valence-electron chi connectivity index (χ2n) is 6.02. The lowest BCUT2D eigenvalue weighted by atomic mass is 10.0. The summed E-state index contributed by atoms with van der Waals surface area (Å²) in [4.78, 5) is 20.8. The predicted octanol–water partition coefficient (Wildman–Crippen LogP) is 1.60. The number of nitro groups is 1. The van der Waals surface area contributed by atoms with Crippen molar-refractivity contribution in [2.24, 2.45) is 0 Å². The molecule has 26 heavy (non-hydrogen) atoms. The summed E-state index contributed by atoms with van der Waals surface area (Å²) >= 11 is 0. The van der Waals surface area contributed by atoms with E-state index >= 15 is 0 Å². The van der Waals surface area contributed by atoms with Gasteiger partial charge >= 0.3 is 0 Å². The molecular formula is C16H18N4O5S. The van der Waals surface area contributed by atoms with Gasteiger partial charge in [0.2, 0.25) is 15.0 Å². The fraction of sp³-hybridized carbons (Fsp3) is 0.375. The molecule has 0 saturated carbocycles. The zero-order chi connectivity index (χ0) is 18.9. The maximum atomic E-state index is 12.0. The van der Waals surface area contributed by atoms with Crippen LogP contribution in [0.5, 0.6) is 0 Å². The van der Waals surface area contributed by atoms with Crippen molar-refractivity contribution in [3.8, 4) is 11.3 Å². The summed E-state index contributed by atoms with van der Waals surface area (Å²) in [6.07, 6.45) is 1.04. The van der Waals surface area contributed by atoms with Crippen LogP contribution in [0.4, 0.5) is 11.5 Å². The van der Waals surface area contributed by atoms with Gasteiger partial charge in [-0.05, 0) is 12.5 Å². The Balaban J connectivity index is 2.17. The van der Waals surface area contributed by atoms with Crippen molar-refractivity contribution in [1.82, 2.24) is 9.97 Å². The van der Waals surface area contributed by atoms with Gasteiger partial charge in [-0.25, -0.2) is 18.4 Å². The maximum Gasteiger partial charge on any atom is 0.270 e. The van der Waals surface area contributed by atoms with Gasteiger partial charge in [-0.1, -0.05) is 6.07 Å². The zero-order valence-corrected chi connectivity index (χ0v) is 15.2. The highest BCUT2D eigenvalue weighted by molar-refractivity contribution is 7.90. The Morgan fingerprint density at radius 3 is 2.50 bits per heavy atom. The van der Waals surface area contributed by atoms with Crippen LogP contribution in [0.15, 0.2) is 29.4 Å². The van der Waals surface area contributed by atoms with E-state index in [1.165, 1.54) is 12.1 Å². The molecule has 9 nitrogen and oxygen atoms in total. The van der Waals surface area contributed by atoms with Gasteiger partial charge in [-0.2, -0.15) is 0 Å². The molecule has 2 aromatic rings. The van der Waals surface area contributed by atoms with E-state index in [1.807, 2.05) is 4.90 Å². The van der Waals surface area contributed by atoms with Crippen molar-refractivity contribution in [1.29, 1.82) is 0 Å². The number of aromatic nitrogens is 2. The molecule has 1 aromatic carbocycles. The molecule has 138 valence electrons. The molecule has 0 radical (unpaired) electrons. The molecule has 0 amide bonds. The minimum atomic E-state index is -3.65. The Bertz CT molecular complexity index is 955. The van der Waals surface area contributed by atoms with Crippen LogP contribution in [0.2, 0.25) is 0 Å². The molecule has 0 atom stereocenters. The van der Waals surface area contributed by atoms with E-state index in [-0.39, 0.29) is 10.8 Å². The summed E-state index contributed by atoms with van der Waals surface area (Å²) in [5.74, 6) is 0.463. The van der Waals surface area contributed by atoms with E-state index in [0.717, 1.165) is 11.8 Å². The van der Waals surface area contributed by atoms with Crippen molar-refractivity contribution in [2.75, 3.05) is 37.5 Å². The molecule has 1 aliphatic heterocycles. The third kappa shape index (κ3) is 3.81. The number of ether oxygens (including phenoxy) is 1. The Morgan fingerprint density at radius 2 is 1.88 bits per heavy atom. The van der Waals surface area contributed by atoms with Gasteiger partial charge in [0.1, 0.15) is 5.82 Å². The number of morpholine rings is 1. The first-order valence-corrected chi connectivity index (χ1v) is 9.82. The highest BCUT2D eigenvalue weighted by atomic mass is 32.2. The number of nitro benzene ring substituents is 1. The molecule has 0 bridgehead atoms. The third-order valence-electron chi connectivity index (χ3n) is 4.07. The van der Waals surface area contributed by atoms with Crippen molar-refractivity contribution in [3.05, 3.63) is 39.9 Å². The molecule has 0 N–H and O–H groups in total. The summed E-state index contributed by atoms with van der Waals surface area (Å²) in [5.41, 5.74) is 1.50. The Morgan fingerprint density at radius 1 is 1.19 bits per heavy atom. The Hall–Kier alpha value is -2.59. The minimum absolute atomic E-state index is 0.0851. The number of hydrogen-bond acceptors (Lipinski definition) is 8. The minimum Gasteiger partial charge on any atom is -0.378 e. The molecule has 1 saturated heterocycles. The van der Waals surface area contributed by atoms with Gasteiger partial charge in [0, 0.05) is 43.1 Å². The summed E-state index contributed by atoms with van der Waals surface area (Å²) in [5, 5.41) is 10.8. The summed E-state index contributed by atoms with van der Waals surface area (Å²) in [6.45, 7) is 3.98. The van der Waals surface area contributed by atoms with E-state index in [0.29, 0.717) is 43.4 Å². The average Bonchev–Trinajstić information content (AvgIpc) is 2.61. The Labute approximate surface area is 150 Å². The lowest BCUT2D eigenvalue weighted by molar-refractivity contribution is -0.384. The van der Waals surface area contributed by atoms with E-state index in [2.05, 4.69) is 9.97 Å². The number of sulfone groups is 1. The van der Waals surface area contributed by atoms with Gasteiger partial charge in [-0.3, -0.25) is 10.1 Å². The van der Waals surface area contributed by atoms with E-state index < -0.39 is 14.8 Å². The molecule has 3 rings (SSSR count). The van der Waals surface area contributed by atoms with Gasteiger partial charge in [0.05, 0.1) is 23.8 Å². The number of anilines is 1. The molecular weight excluding hydrogens is 360 g/mol. The van der Waals surface area contributed by atoms with Crippen LogP contribution < -0.4 is 4.90 Å². The molecule has 1 aliphatic rings. The quantitative estimate of drug-likeness (QED) is 0.447. The average molecular weight is 378 g/mol. The number of non-ortho nitro benzene ring substituents is 1. The SMILES string of the molecule is Cc1ccc([N+](=O)[O-])cc1-c1cc(N2CCOCC2)nc(S(C)(=O)=O)n1. The standard InChI is InChI=1S/C16H18N4O5S/c1-11-3-4-12(20(21)22)9-13(11)14-10-15(19-5-7-25-8-6-19)18-16(17-14)26(2,23)24/h3-4,9-10H,5-8H2,1-2H3. The second kappa shape index (κ2) is 6.96. The second-order valence-corrected chi connectivity index (χ2v) is 7.93. The number of benzene rings is 1. The van der Waals surface area contributed by atoms with E-state index in [9.17, 15) is 18.5 Å². The van der Waals surface area contributed by atoms with Crippen LogP contribution >= 0.6 is 0 Å². The van der Waals surface area contributed by atoms with Gasteiger partial charge in [0.15, 0.2) is 0 Å². The van der Waals surface area contributed by atoms with Crippen molar-refractivity contribution in [2.45, 2.75) is 12.1 Å². The highest BCUT2D eigenvalue weighted by Crippen LogP contribution is 2.29. The zero-order valence-electron chi connectivity index (χ0n) is 14.4. The molecule has 2 heterocycles.